The lowest BCUT2D eigenvalue weighted by molar-refractivity contribution is 0.0951. The van der Waals surface area contributed by atoms with Gasteiger partial charge in [0.2, 0.25) is 0 Å². The van der Waals surface area contributed by atoms with Gasteiger partial charge in [-0.1, -0.05) is 18.2 Å². The van der Waals surface area contributed by atoms with Gasteiger partial charge in [-0.3, -0.25) is 4.79 Å². The van der Waals surface area contributed by atoms with Crippen molar-refractivity contribution in [1.82, 2.24) is 5.32 Å². The molecule has 1 amide bonds. The molecule has 0 saturated carbocycles. The van der Waals surface area contributed by atoms with Crippen molar-refractivity contribution in [2.75, 3.05) is 14.2 Å². The van der Waals surface area contributed by atoms with Gasteiger partial charge in [-0.2, -0.15) is 0 Å². The van der Waals surface area contributed by atoms with Crippen LogP contribution in [0, 0.1) is 0 Å². The first-order chi connectivity index (χ1) is 10.7. The van der Waals surface area contributed by atoms with Crippen molar-refractivity contribution in [3.63, 3.8) is 0 Å². The number of ether oxygens (including phenoxy) is 2. The predicted octanol–water partition coefficient (Wildman–Crippen LogP) is 2.51. The van der Waals surface area contributed by atoms with Crippen LogP contribution in [0.25, 0.3) is 0 Å². The van der Waals surface area contributed by atoms with E-state index in [4.69, 9.17) is 15.2 Å². The van der Waals surface area contributed by atoms with Gasteiger partial charge in [0, 0.05) is 18.7 Å². The second-order valence-electron chi connectivity index (χ2n) is 4.77. The number of hydrogen-bond acceptors (Lipinski definition) is 4. The summed E-state index contributed by atoms with van der Waals surface area (Å²) in [5.74, 6) is 1.18. The monoisotopic (exact) mass is 336 g/mol. The molecule has 0 fully saturated rings. The highest BCUT2D eigenvalue weighted by atomic mass is 35.5. The minimum atomic E-state index is -0.127. The normalized spacial score (nSPS) is 9.70. The van der Waals surface area contributed by atoms with Crippen LogP contribution in [0.3, 0.4) is 0 Å². The number of rotatable bonds is 6. The molecule has 23 heavy (non-hydrogen) atoms. The first-order valence-corrected chi connectivity index (χ1v) is 6.96. The zero-order valence-corrected chi connectivity index (χ0v) is 14.0. The highest BCUT2D eigenvalue weighted by Crippen LogP contribution is 2.27. The molecule has 0 aromatic heterocycles. The van der Waals surface area contributed by atoms with Crippen molar-refractivity contribution in [3.05, 3.63) is 59.2 Å². The van der Waals surface area contributed by atoms with Crippen LogP contribution in [-0.4, -0.2) is 20.1 Å². The molecule has 2 aromatic rings. The first-order valence-electron chi connectivity index (χ1n) is 6.96. The summed E-state index contributed by atoms with van der Waals surface area (Å²) >= 11 is 0. The van der Waals surface area contributed by atoms with Gasteiger partial charge >= 0.3 is 0 Å². The Morgan fingerprint density at radius 3 is 2.17 bits per heavy atom. The summed E-state index contributed by atoms with van der Waals surface area (Å²) < 4.78 is 10.4. The second kappa shape index (κ2) is 9.02. The molecule has 0 aliphatic heterocycles. The molecular weight excluding hydrogens is 316 g/mol. The molecule has 2 aromatic carbocycles. The van der Waals surface area contributed by atoms with Crippen molar-refractivity contribution in [1.29, 1.82) is 0 Å². The average molecular weight is 337 g/mol. The minimum Gasteiger partial charge on any atom is -0.493 e. The zero-order valence-electron chi connectivity index (χ0n) is 13.2. The van der Waals surface area contributed by atoms with E-state index in [9.17, 15) is 4.79 Å². The van der Waals surface area contributed by atoms with E-state index in [1.54, 1.807) is 26.4 Å². The molecule has 0 spiro atoms. The molecule has 124 valence electrons. The summed E-state index contributed by atoms with van der Waals surface area (Å²) in [4.78, 5) is 12.1. The average Bonchev–Trinajstić information content (AvgIpc) is 2.59. The van der Waals surface area contributed by atoms with Crippen LogP contribution >= 0.6 is 12.4 Å². The quantitative estimate of drug-likeness (QED) is 0.850. The Hall–Kier alpha value is -2.24. The van der Waals surface area contributed by atoms with Crippen LogP contribution in [0.1, 0.15) is 21.5 Å². The Morgan fingerprint density at radius 1 is 1.00 bits per heavy atom. The van der Waals surface area contributed by atoms with E-state index in [2.05, 4.69) is 5.32 Å². The Balaban J connectivity index is 0.00000264. The molecule has 6 heteroatoms. The highest BCUT2D eigenvalue weighted by molar-refractivity contribution is 5.94. The van der Waals surface area contributed by atoms with E-state index >= 15 is 0 Å². The van der Waals surface area contributed by atoms with Crippen LogP contribution in [0.15, 0.2) is 42.5 Å². The van der Waals surface area contributed by atoms with E-state index < -0.39 is 0 Å². The lowest BCUT2D eigenvalue weighted by Crippen LogP contribution is -2.22. The van der Waals surface area contributed by atoms with E-state index in [0.717, 1.165) is 11.1 Å². The maximum absolute atomic E-state index is 12.1. The number of halogens is 1. The van der Waals surface area contributed by atoms with Crippen LogP contribution in [0.4, 0.5) is 0 Å². The summed E-state index contributed by atoms with van der Waals surface area (Å²) in [6, 6.07) is 12.8. The number of nitrogens with two attached hydrogens (primary N) is 1. The maximum atomic E-state index is 12.1. The van der Waals surface area contributed by atoms with Crippen LogP contribution in [0.5, 0.6) is 11.5 Å². The van der Waals surface area contributed by atoms with Crippen molar-refractivity contribution in [2.24, 2.45) is 5.73 Å². The number of benzene rings is 2. The molecule has 0 atom stereocenters. The third kappa shape index (κ3) is 4.87. The Kier molecular flexibility index (Phi) is 7.38. The van der Waals surface area contributed by atoms with Crippen LogP contribution in [0.2, 0.25) is 0 Å². The molecular formula is C17H21ClN2O3. The predicted molar refractivity (Wildman–Crippen MR) is 92.3 cm³/mol. The fourth-order valence-corrected chi connectivity index (χ4v) is 2.07. The summed E-state index contributed by atoms with van der Waals surface area (Å²) in [5, 5.41) is 2.87. The number of hydrogen-bond donors (Lipinski definition) is 2. The number of carbonyl (C=O) groups is 1. The molecule has 0 aliphatic carbocycles. The first kappa shape index (κ1) is 18.8. The largest absolute Gasteiger partial charge is 0.493 e. The van der Waals surface area contributed by atoms with Crippen molar-refractivity contribution < 1.29 is 14.3 Å². The van der Waals surface area contributed by atoms with Gasteiger partial charge in [0.25, 0.3) is 5.91 Å². The highest BCUT2D eigenvalue weighted by Gasteiger charge is 2.07. The van der Waals surface area contributed by atoms with E-state index in [1.807, 2.05) is 30.3 Å². The molecule has 0 unspecified atom stereocenters. The third-order valence-corrected chi connectivity index (χ3v) is 3.35. The molecule has 5 nitrogen and oxygen atoms in total. The Morgan fingerprint density at radius 2 is 1.61 bits per heavy atom. The van der Waals surface area contributed by atoms with Gasteiger partial charge in [-0.05, 0) is 35.4 Å². The van der Waals surface area contributed by atoms with Gasteiger partial charge in [0.1, 0.15) is 0 Å². The third-order valence-electron chi connectivity index (χ3n) is 3.35. The number of amides is 1. The van der Waals surface area contributed by atoms with Crippen molar-refractivity contribution in [3.8, 4) is 11.5 Å². The summed E-state index contributed by atoms with van der Waals surface area (Å²) in [5.41, 5.74) is 8.08. The fraction of sp³-hybridized carbons (Fsp3) is 0.235. The number of methoxy groups -OCH3 is 2. The van der Waals surface area contributed by atoms with Gasteiger partial charge in [-0.25, -0.2) is 0 Å². The van der Waals surface area contributed by atoms with E-state index in [-0.39, 0.29) is 18.3 Å². The Bertz CT molecular complexity index is 645. The van der Waals surface area contributed by atoms with Crippen LogP contribution < -0.4 is 20.5 Å². The van der Waals surface area contributed by atoms with Crippen LogP contribution in [-0.2, 0) is 13.1 Å². The Labute approximate surface area is 142 Å². The zero-order chi connectivity index (χ0) is 15.9. The smallest absolute Gasteiger partial charge is 0.251 e. The fourth-order valence-electron chi connectivity index (χ4n) is 2.07. The molecule has 2 rings (SSSR count). The van der Waals surface area contributed by atoms with Crippen molar-refractivity contribution in [2.45, 2.75) is 13.1 Å². The van der Waals surface area contributed by atoms with E-state index in [0.29, 0.717) is 30.2 Å². The van der Waals surface area contributed by atoms with Gasteiger partial charge < -0.3 is 20.5 Å². The summed E-state index contributed by atoms with van der Waals surface area (Å²) in [6.45, 7) is 0.880. The van der Waals surface area contributed by atoms with E-state index in [1.165, 1.54) is 0 Å². The number of nitrogens with one attached hydrogen (secondary N) is 1. The summed E-state index contributed by atoms with van der Waals surface area (Å²) in [6.07, 6.45) is 0. The standard InChI is InChI=1S/C17H20N2O3.ClH/c1-21-15-8-5-13(9-16(15)22-2)11-19-17(20)14-6-3-12(10-18)4-7-14;/h3-9H,10-11,18H2,1-2H3,(H,19,20);1H. The topological polar surface area (TPSA) is 73.6 Å². The molecule has 0 heterocycles. The SMILES string of the molecule is COc1ccc(CNC(=O)c2ccc(CN)cc2)cc1OC.Cl. The van der Waals surface area contributed by atoms with Gasteiger partial charge in [0.05, 0.1) is 14.2 Å². The molecule has 0 saturated heterocycles. The molecule has 0 aliphatic rings. The molecule has 3 N–H and O–H groups in total. The van der Waals surface area contributed by atoms with Gasteiger partial charge in [-0.15, -0.1) is 12.4 Å². The van der Waals surface area contributed by atoms with Crippen molar-refractivity contribution >= 4 is 18.3 Å². The lowest BCUT2D eigenvalue weighted by atomic mass is 10.1. The summed E-state index contributed by atoms with van der Waals surface area (Å²) in [7, 11) is 3.17. The second-order valence-corrected chi connectivity index (χ2v) is 4.77. The molecule has 0 bridgehead atoms. The number of carbonyl (C=O) groups excluding carboxylic acids is 1. The maximum Gasteiger partial charge on any atom is 0.251 e. The lowest BCUT2D eigenvalue weighted by Gasteiger charge is -2.10. The molecule has 0 radical (unpaired) electrons. The van der Waals surface area contributed by atoms with Gasteiger partial charge in [0.15, 0.2) is 11.5 Å². The minimum absolute atomic E-state index is 0.